The molecule has 40 heavy (non-hydrogen) atoms. The van der Waals surface area contributed by atoms with Gasteiger partial charge < -0.3 is 14.5 Å². The Labute approximate surface area is 236 Å². The third kappa shape index (κ3) is 7.71. The molecule has 1 heterocycles. The van der Waals surface area contributed by atoms with Gasteiger partial charge in [-0.3, -0.25) is 13.9 Å². The van der Waals surface area contributed by atoms with Gasteiger partial charge in [-0.2, -0.15) is 5.10 Å². The number of nitrogens with zero attached hydrogens (tertiary/aromatic N) is 2. The number of rotatable bonds is 12. The van der Waals surface area contributed by atoms with Crippen LogP contribution in [0.4, 0.5) is 5.69 Å². The number of carbonyl (C=O) groups excluding carboxylic acids is 2. The second kappa shape index (κ2) is 13.5. The van der Waals surface area contributed by atoms with E-state index in [1.54, 1.807) is 72.8 Å². The van der Waals surface area contributed by atoms with E-state index in [2.05, 4.69) is 15.8 Å². The molecule has 4 aromatic rings. The highest BCUT2D eigenvalue weighted by atomic mass is 35.5. The van der Waals surface area contributed by atoms with Crippen LogP contribution < -0.4 is 19.8 Å². The average Bonchev–Trinajstić information content (AvgIpc) is 3.49. The molecule has 10 nitrogen and oxygen atoms in total. The number of carbonyl (C=O) groups is 2. The van der Waals surface area contributed by atoms with Gasteiger partial charge in [0.1, 0.15) is 18.1 Å². The predicted molar refractivity (Wildman–Crippen MR) is 151 cm³/mol. The third-order valence-corrected chi connectivity index (χ3v) is 7.53. The van der Waals surface area contributed by atoms with E-state index in [-0.39, 0.29) is 34.7 Å². The van der Waals surface area contributed by atoms with Crippen molar-refractivity contribution >= 4 is 45.3 Å². The number of amides is 2. The van der Waals surface area contributed by atoms with Crippen molar-refractivity contribution in [3.8, 4) is 5.75 Å². The lowest BCUT2D eigenvalue weighted by Crippen LogP contribution is -2.39. The molecule has 0 saturated heterocycles. The van der Waals surface area contributed by atoms with Crippen molar-refractivity contribution in [3.05, 3.63) is 114 Å². The van der Waals surface area contributed by atoms with Gasteiger partial charge in [0.2, 0.25) is 0 Å². The van der Waals surface area contributed by atoms with Gasteiger partial charge in [0.05, 0.1) is 34.6 Å². The van der Waals surface area contributed by atoms with Crippen molar-refractivity contribution in [3.63, 3.8) is 0 Å². The maximum atomic E-state index is 13.3. The van der Waals surface area contributed by atoms with Gasteiger partial charge in [0, 0.05) is 0 Å². The summed E-state index contributed by atoms with van der Waals surface area (Å²) < 4.78 is 38.2. The van der Waals surface area contributed by atoms with Gasteiger partial charge in [0.25, 0.3) is 21.8 Å². The lowest BCUT2D eigenvalue weighted by atomic mass is 10.2. The van der Waals surface area contributed by atoms with E-state index in [0.717, 1.165) is 4.31 Å². The smallest absolute Gasteiger partial charge is 0.264 e. The van der Waals surface area contributed by atoms with Gasteiger partial charge in [-0.1, -0.05) is 41.9 Å². The minimum absolute atomic E-state index is 0.0172. The van der Waals surface area contributed by atoms with Crippen molar-refractivity contribution in [2.75, 3.05) is 17.5 Å². The van der Waals surface area contributed by atoms with Gasteiger partial charge in [-0.15, -0.1) is 0 Å². The third-order valence-electron chi connectivity index (χ3n) is 5.43. The molecule has 0 unspecified atom stereocenters. The summed E-state index contributed by atoms with van der Waals surface area (Å²) in [5.74, 6) is 0.135. The summed E-state index contributed by atoms with van der Waals surface area (Å²) in [5, 5.41) is 6.78. The minimum atomic E-state index is -4.09. The summed E-state index contributed by atoms with van der Waals surface area (Å²) in [4.78, 5) is 24.6. The van der Waals surface area contributed by atoms with E-state index in [4.69, 9.17) is 20.8 Å². The monoisotopic (exact) mass is 580 g/mol. The summed E-state index contributed by atoms with van der Waals surface area (Å²) in [6.45, 7) is -0.449. The topological polar surface area (TPSA) is 130 Å². The quantitative estimate of drug-likeness (QED) is 0.193. The molecule has 0 aliphatic rings. The Morgan fingerprint density at radius 2 is 1.65 bits per heavy atom. The van der Waals surface area contributed by atoms with E-state index in [0.29, 0.717) is 17.1 Å². The molecular formula is C28H25ClN4O6S. The molecule has 4 rings (SSSR count). The largest absolute Gasteiger partial charge is 0.484 e. The van der Waals surface area contributed by atoms with Gasteiger partial charge in [0.15, 0.2) is 6.61 Å². The highest BCUT2D eigenvalue weighted by molar-refractivity contribution is 7.92. The molecule has 206 valence electrons. The number of ether oxygens (including phenoxy) is 1. The van der Waals surface area contributed by atoms with E-state index < -0.39 is 22.5 Å². The molecule has 2 amide bonds. The van der Waals surface area contributed by atoms with Gasteiger partial charge in [-0.25, -0.2) is 13.8 Å². The van der Waals surface area contributed by atoms with Gasteiger partial charge >= 0.3 is 0 Å². The van der Waals surface area contributed by atoms with E-state index >= 15 is 0 Å². The highest BCUT2D eigenvalue weighted by Gasteiger charge is 2.28. The number of nitrogens with one attached hydrogen (secondary N) is 2. The number of hydrogen-bond donors (Lipinski definition) is 2. The van der Waals surface area contributed by atoms with Crippen LogP contribution in [0.15, 0.2) is 112 Å². The SMILES string of the molecule is O=C(COc1ccc(C=NNC(=O)CN(c2ccccc2Cl)S(=O)(=O)c2ccccc2)cc1)NCc1ccco1. The van der Waals surface area contributed by atoms with Crippen LogP contribution in [0.2, 0.25) is 5.02 Å². The Balaban J connectivity index is 1.33. The number of hydrogen-bond acceptors (Lipinski definition) is 7. The molecule has 0 aliphatic carbocycles. The minimum Gasteiger partial charge on any atom is -0.484 e. The normalized spacial score (nSPS) is 11.2. The Morgan fingerprint density at radius 1 is 0.925 bits per heavy atom. The zero-order valence-corrected chi connectivity index (χ0v) is 22.6. The Hall–Kier alpha value is -4.61. The molecule has 2 N–H and O–H groups in total. The summed E-state index contributed by atoms with van der Waals surface area (Å²) in [7, 11) is -4.09. The fraction of sp³-hybridized carbons (Fsp3) is 0.107. The van der Waals surface area contributed by atoms with Crippen molar-refractivity contribution in [2.45, 2.75) is 11.4 Å². The molecule has 0 bridgehead atoms. The number of para-hydroxylation sites is 1. The van der Waals surface area contributed by atoms with Crippen molar-refractivity contribution in [2.24, 2.45) is 5.10 Å². The summed E-state index contributed by atoms with van der Waals surface area (Å²) in [6, 6.07) is 24.3. The first-order valence-corrected chi connectivity index (χ1v) is 13.8. The maximum absolute atomic E-state index is 13.3. The van der Waals surface area contributed by atoms with E-state index in [9.17, 15) is 18.0 Å². The molecule has 0 saturated carbocycles. The van der Waals surface area contributed by atoms with Crippen LogP contribution in [0, 0.1) is 0 Å². The Bertz CT molecular complexity index is 1560. The van der Waals surface area contributed by atoms with E-state index in [1.807, 2.05) is 0 Å². The molecular weight excluding hydrogens is 556 g/mol. The van der Waals surface area contributed by atoms with Crippen molar-refractivity contribution in [1.82, 2.24) is 10.7 Å². The van der Waals surface area contributed by atoms with Crippen LogP contribution in [0.25, 0.3) is 0 Å². The van der Waals surface area contributed by atoms with Crippen LogP contribution >= 0.6 is 11.6 Å². The predicted octanol–water partition coefficient (Wildman–Crippen LogP) is 3.97. The summed E-state index contributed by atoms with van der Waals surface area (Å²) in [6.07, 6.45) is 2.92. The second-order valence-electron chi connectivity index (χ2n) is 8.28. The zero-order chi connectivity index (χ0) is 28.4. The van der Waals surface area contributed by atoms with Crippen LogP contribution in [-0.2, 0) is 26.2 Å². The van der Waals surface area contributed by atoms with E-state index in [1.165, 1.54) is 30.7 Å². The number of hydrazone groups is 1. The summed E-state index contributed by atoms with van der Waals surface area (Å²) in [5.41, 5.74) is 3.14. The average molecular weight is 581 g/mol. The molecule has 0 spiro atoms. The molecule has 0 fully saturated rings. The first-order chi connectivity index (χ1) is 19.3. The maximum Gasteiger partial charge on any atom is 0.264 e. The lowest BCUT2D eigenvalue weighted by molar-refractivity contribution is -0.123. The molecule has 12 heteroatoms. The van der Waals surface area contributed by atoms with Crippen LogP contribution in [0.1, 0.15) is 11.3 Å². The van der Waals surface area contributed by atoms with Gasteiger partial charge in [-0.05, 0) is 66.2 Å². The molecule has 0 radical (unpaired) electrons. The number of halogens is 1. The second-order valence-corrected chi connectivity index (χ2v) is 10.6. The fourth-order valence-corrected chi connectivity index (χ4v) is 5.22. The number of benzene rings is 3. The highest BCUT2D eigenvalue weighted by Crippen LogP contribution is 2.30. The first kappa shape index (κ1) is 28.4. The Morgan fingerprint density at radius 3 is 2.35 bits per heavy atom. The standard InChI is InChI=1S/C28H25ClN4O6S/c29-25-10-4-5-11-26(25)33(40(36,37)24-8-2-1-3-9-24)19-27(34)32-31-17-21-12-14-22(15-13-21)39-20-28(35)30-18-23-7-6-16-38-23/h1-17H,18-20H2,(H,30,35)(H,32,34). The van der Waals surface area contributed by atoms with Crippen molar-refractivity contribution in [1.29, 1.82) is 0 Å². The molecule has 1 aromatic heterocycles. The van der Waals surface area contributed by atoms with Crippen LogP contribution in [-0.4, -0.2) is 39.6 Å². The van der Waals surface area contributed by atoms with Crippen molar-refractivity contribution < 1.29 is 27.2 Å². The molecule has 0 atom stereocenters. The molecule has 3 aromatic carbocycles. The number of furan rings is 1. The number of anilines is 1. The van der Waals surface area contributed by atoms with Crippen LogP contribution in [0.5, 0.6) is 5.75 Å². The zero-order valence-electron chi connectivity index (χ0n) is 21.1. The number of sulfonamides is 1. The fourth-order valence-electron chi connectivity index (χ4n) is 3.47. The Kier molecular flexibility index (Phi) is 9.55. The van der Waals surface area contributed by atoms with Crippen LogP contribution in [0.3, 0.4) is 0 Å². The summed E-state index contributed by atoms with van der Waals surface area (Å²) >= 11 is 6.27. The first-order valence-electron chi connectivity index (χ1n) is 12.0. The lowest BCUT2D eigenvalue weighted by Gasteiger charge is -2.24. The molecule has 0 aliphatic heterocycles.